The number of nitrogens with two attached hydrogens (primary N) is 1. The summed E-state index contributed by atoms with van der Waals surface area (Å²) in [7, 11) is -1.94. The third kappa shape index (κ3) is 5.27. The van der Waals surface area contributed by atoms with Crippen LogP contribution in [0.1, 0.15) is 36.8 Å². The Labute approximate surface area is 210 Å². The van der Waals surface area contributed by atoms with Crippen molar-refractivity contribution in [2.75, 3.05) is 20.2 Å². The minimum Gasteiger partial charge on any atom is -0.494 e. The van der Waals surface area contributed by atoms with Crippen LogP contribution in [0.4, 0.5) is 0 Å². The Morgan fingerprint density at radius 3 is 2.72 bits per heavy atom. The number of nitrogens with one attached hydrogen (secondary N) is 1. The van der Waals surface area contributed by atoms with E-state index in [0.717, 1.165) is 23.8 Å². The normalized spacial score (nSPS) is 21.3. The molecule has 1 saturated carbocycles. The first-order valence-corrected chi connectivity index (χ1v) is 13.2. The van der Waals surface area contributed by atoms with Crippen LogP contribution >= 0.6 is 0 Å². The Morgan fingerprint density at radius 1 is 1.39 bits per heavy atom. The number of methoxy groups -OCH3 is 1. The number of hydrogen-bond acceptors (Lipinski definition) is 8. The van der Waals surface area contributed by atoms with E-state index in [2.05, 4.69) is 22.5 Å². The van der Waals surface area contributed by atoms with Crippen molar-refractivity contribution in [3.05, 3.63) is 47.8 Å². The summed E-state index contributed by atoms with van der Waals surface area (Å²) in [6.45, 7) is 4.49. The number of sulfonamides is 1. The second-order valence-corrected chi connectivity index (χ2v) is 10.6. The lowest BCUT2D eigenvalue weighted by molar-refractivity contribution is -0.139. The van der Waals surface area contributed by atoms with Gasteiger partial charge in [0.05, 0.1) is 19.3 Å². The third-order valence-corrected chi connectivity index (χ3v) is 7.77. The molecule has 0 radical (unpaired) electrons. The number of pyridine rings is 1. The number of hydrogen-bond donors (Lipinski definition) is 2. The Morgan fingerprint density at radius 2 is 2.11 bits per heavy atom. The minimum atomic E-state index is -3.48. The van der Waals surface area contributed by atoms with Crippen LogP contribution in [0.3, 0.4) is 0 Å². The second kappa shape index (κ2) is 10.5. The molecule has 12 heteroatoms. The molecule has 3 heterocycles. The number of ether oxygens (including phenoxy) is 1. The lowest BCUT2D eigenvalue weighted by Gasteiger charge is -2.39. The molecule has 2 aromatic heterocycles. The molecule has 36 heavy (non-hydrogen) atoms. The van der Waals surface area contributed by atoms with E-state index in [1.54, 1.807) is 23.0 Å². The average Bonchev–Trinajstić information content (AvgIpc) is 3.29. The first kappa shape index (κ1) is 25.4. The summed E-state index contributed by atoms with van der Waals surface area (Å²) in [5.41, 5.74) is 8.32. The van der Waals surface area contributed by atoms with Gasteiger partial charge in [0, 0.05) is 60.2 Å². The van der Waals surface area contributed by atoms with Gasteiger partial charge in [-0.15, -0.1) is 0 Å². The fourth-order valence-electron chi connectivity index (χ4n) is 4.57. The third-order valence-electron chi connectivity index (χ3n) is 6.67. The van der Waals surface area contributed by atoms with Crippen molar-refractivity contribution >= 4 is 33.2 Å². The number of rotatable bonds is 8. The van der Waals surface area contributed by atoms with Gasteiger partial charge in [-0.2, -0.15) is 10.4 Å². The van der Waals surface area contributed by atoms with Gasteiger partial charge in [0.1, 0.15) is 22.9 Å². The molecule has 2 aliphatic rings. The van der Waals surface area contributed by atoms with E-state index in [9.17, 15) is 18.5 Å². The highest BCUT2D eigenvalue weighted by Gasteiger charge is 2.39. The molecule has 0 spiro atoms. The number of nitrogens with zero attached hydrogens (tertiary/aromatic N) is 5. The fourth-order valence-corrected chi connectivity index (χ4v) is 5.32. The molecule has 0 atom stereocenters. The van der Waals surface area contributed by atoms with Gasteiger partial charge in [0.2, 0.25) is 15.9 Å². The SMILES string of the molecule is C=CS(=O)(=O)NC1CC(C(=O)N2CCC(N=CC(=CN)c3cc(OC)c4c(C#N)cnn4c3)CC2)C1. The fraction of sp³-hybridized carbons (Fsp3) is 0.417. The van der Waals surface area contributed by atoms with E-state index in [4.69, 9.17) is 15.5 Å². The molecule has 1 amide bonds. The van der Waals surface area contributed by atoms with Crippen LogP contribution in [0.25, 0.3) is 11.1 Å². The van der Waals surface area contributed by atoms with Crippen LogP contribution < -0.4 is 15.2 Å². The Hall–Kier alpha value is -3.69. The molecule has 1 saturated heterocycles. The predicted molar refractivity (Wildman–Crippen MR) is 135 cm³/mol. The van der Waals surface area contributed by atoms with Crippen molar-refractivity contribution in [2.24, 2.45) is 16.6 Å². The van der Waals surface area contributed by atoms with E-state index in [0.29, 0.717) is 48.3 Å². The molecule has 4 rings (SSSR count). The maximum atomic E-state index is 12.8. The number of piperidine rings is 1. The average molecular weight is 512 g/mol. The maximum Gasteiger partial charge on any atom is 0.233 e. The predicted octanol–water partition coefficient (Wildman–Crippen LogP) is 1.42. The van der Waals surface area contributed by atoms with Crippen molar-refractivity contribution in [1.82, 2.24) is 19.2 Å². The standard InChI is InChI=1S/C24H29N7O4S/c1-3-36(33,34)29-21-8-16(9-21)24(32)30-6-4-20(5-7-30)27-13-18(11-25)17-10-22(35-2)23-19(12-26)14-28-31(23)15-17/h3,10-11,13-16,20-21,29H,1,4-9,25H2,2H3. The summed E-state index contributed by atoms with van der Waals surface area (Å²) in [4.78, 5) is 19.3. The number of carbonyl (C=O) groups is 1. The van der Waals surface area contributed by atoms with Crippen LogP contribution in [-0.2, 0) is 14.8 Å². The number of carbonyl (C=O) groups excluding carboxylic acids is 1. The smallest absolute Gasteiger partial charge is 0.233 e. The van der Waals surface area contributed by atoms with E-state index < -0.39 is 10.0 Å². The summed E-state index contributed by atoms with van der Waals surface area (Å²) >= 11 is 0. The number of allylic oxidation sites excluding steroid dienone is 1. The highest BCUT2D eigenvalue weighted by atomic mass is 32.2. The zero-order chi connectivity index (χ0) is 25.9. The van der Waals surface area contributed by atoms with Crippen molar-refractivity contribution in [3.8, 4) is 11.8 Å². The number of amides is 1. The van der Waals surface area contributed by atoms with Crippen molar-refractivity contribution in [2.45, 2.75) is 37.8 Å². The second-order valence-electron chi connectivity index (χ2n) is 8.91. The molecule has 11 nitrogen and oxygen atoms in total. The van der Waals surface area contributed by atoms with Crippen LogP contribution in [0.5, 0.6) is 5.75 Å². The van der Waals surface area contributed by atoms with Gasteiger partial charge in [0.25, 0.3) is 0 Å². The zero-order valence-corrected chi connectivity index (χ0v) is 20.8. The minimum absolute atomic E-state index is 0.0538. The van der Waals surface area contributed by atoms with E-state index in [1.165, 1.54) is 19.5 Å². The molecule has 2 aromatic rings. The van der Waals surface area contributed by atoms with Gasteiger partial charge in [-0.3, -0.25) is 9.79 Å². The highest BCUT2D eigenvalue weighted by molar-refractivity contribution is 7.92. The van der Waals surface area contributed by atoms with Gasteiger partial charge in [-0.05, 0) is 31.7 Å². The molecular formula is C24H29N7O4S. The number of likely N-dealkylation sites (tertiary alicyclic amines) is 1. The number of aromatic nitrogens is 2. The molecule has 0 unspecified atom stereocenters. The Balaban J connectivity index is 1.33. The van der Waals surface area contributed by atoms with Crippen molar-refractivity contribution in [1.29, 1.82) is 5.26 Å². The Bertz CT molecular complexity index is 1360. The Kier molecular flexibility index (Phi) is 7.42. The van der Waals surface area contributed by atoms with E-state index >= 15 is 0 Å². The summed E-state index contributed by atoms with van der Waals surface area (Å²) in [6.07, 6.45) is 8.92. The zero-order valence-electron chi connectivity index (χ0n) is 20.0. The largest absolute Gasteiger partial charge is 0.494 e. The number of fused-ring (bicyclic) bond motifs is 1. The van der Waals surface area contributed by atoms with E-state index in [-0.39, 0.29) is 23.9 Å². The monoisotopic (exact) mass is 511 g/mol. The number of aliphatic imine (C=N–C) groups is 1. The summed E-state index contributed by atoms with van der Waals surface area (Å²) < 4.78 is 32.7. The van der Waals surface area contributed by atoms with E-state index in [1.807, 2.05) is 4.90 Å². The lowest BCUT2D eigenvalue weighted by Crippen LogP contribution is -2.51. The van der Waals surface area contributed by atoms with Gasteiger partial charge in [0.15, 0.2) is 0 Å². The van der Waals surface area contributed by atoms with Gasteiger partial charge < -0.3 is 15.4 Å². The van der Waals surface area contributed by atoms with Gasteiger partial charge >= 0.3 is 0 Å². The quantitative estimate of drug-likeness (QED) is 0.508. The number of nitriles is 1. The van der Waals surface area contributed by atoms with Crippen LogP contribution in [-0.4, -0.2) is 67.3 Å². The van der Waals surface area contributed by atoms with Crippen molar-refractivity contribution < 1.29 is 17.9 Å². The molecule has 1 aliphatic carbocycles. The molecule has 0 aromatic carbocycles. The van der Waals surface area contributed by atoms with Gasteiger partial charge in [-0.25, -0.2) is 17.7 Å². The first-order valence-electron chi connectivity index (χ1n) is 11.6. The highest BCUT2D eigenvalue weighted by Crippen LogP contribution is 2.31. The van der Waals surface area contributed by atoms with Crippen molar-refractivity contribution in [3.63, 3.8) is 0 Å². The molecule has 190 valence electrons. The van der Waals surface area contributed by atoms with Gasteiger partial charge in [-0.1, -0.05) is 6.58 Å². The van der Waals surface area contributed by atoms with Crippen LogP contribution in [0, 0.1) is 17.2 Å². The maximum absolute atomic E-state index is 12.8. The van der Waals surface area contributed by atoms with Crippen LogP contribution in [0.15, 0.2) is 41.6 Å². The first-order chi connectivity index (χ1) is 17.3. The topological polar surface area (TPSA) is 155 Å². The summed E-state index contributed by atoms with van der Waals surface area (Å²) in [5.74, 6) is 0.435. The summed E-state index contributed by atoms with van der Waals surface area (Å²) in [5, 5.41) is 14.4. The summed E-state index contributed by atoms with van der Waals surface area (Å²) in [6, 6.07) is 3.75. The molecule has 2 fully saturated rings. The molecular weight excluding hydrogens is 482 g/mol. The lowest BCUT2D eigenvalue weighted by atomic mass is 9.79. The van der Waals surface area contributed by atoms with Crippen LogP contribution in [0.2, 0.25) is 0 Å². The molecule has 1 aliphatic heterocycles. The molecule has 0 bridgehead atoms. The molecule has 3 N–H and O–H groups in total.